The molecule has 2 aliphatic rings. The molecule has 5 N–H and O–H groups in total. The van der Waals surface area contributed by atoms with Crippen LogP contribution in [-0.4, -0.2) is 63.2 Å². The number of hydrogen-bond acceptors (Lipinski definition) is 6. The summed E-state index contributed by atoms with van der Waals surface area (Å²) in [6, 6.07) is 6.88. The highest BCUT2D eigenvalue weighted by Crippen LogP contribution is 2.41. The Bertz CT molecular complexity index is 1060. The van der Waals surface area contributed by atoms with Gasteiger partial charge in [-0.2, -0.15) is 5.10 Å². The van der Waals surface area contributed by atoms with Gasteiger partial charge in [0.25, 0.3) is 0 Å². The number of urea groups is 1. The largest absolute Gasteiger partial charge is 0.369 e. The van der Waals surface area contributed by atoms with Gasteiger partial charge >= 0.3 is 6.03 Å². The number of aromatic nitrogens is 2. The molecule has 2 aliphatic heterocycles. The van der Waals surface area contributed by atoms with Gasteiger partial charge in [-0.1, -0.05) is 18.7 Å². The molecular formula is C24H33N7O3. The third kappa shape index (κ3) is 4.78. The van der Waals surface area contributed by atoms with E-state index < -0.39 is 11.8 Å². The van der Waals surface area contributed by atoms with Gasteiger partial charge in [0.2, 0.25) is 5.91 Å². The summed E-state index contributed by atoms with van der Waals surface area (Å²) in [6.45, 7) is 9.69. The number of aliphatic hydroxyl groups is 1. The lowest BCUT2D eigenvalue weighted by atomic mass is 10.0. The molecule has 2 aromatic rings. The minimum Gasteiger partial charge on any atom is -0.369 e. The number of hydrogen-bond donors (Lipinski definition) is 5. The number of carbonyl (C=O) groups excluding carboxylic acids is 2. The number of nitrogens with zero attached hydrogens (tertiary/aromatic N) is 3. The van der Waals surface area contributed by atoms with Crippen LogP contribution in [0.4, 0.5) is 16.3 Å². The van der Waals surface area contributed by atoms with E-state index in [4.69, 9.17) is 0 Å². The van der Waals surface area contributed by atoms with Crippen LogP contribution in [0.3, 0.4) is 0 Å². The molecule has 34 heavy (non-hydrogen) atoms. The van der Waals surface area contributed by atoms with Crippen LogP contribution < -0.4 is 16.0 Å². The summed E-state index contributed by atoms with van der Waals surface area (Å²) in [5.41, 5.74) is 2.36. The van der Waals surface area contributed by atoms with Crippen molar-refractivity contribution in [3.05, 3.63) is 53.7 Å². The van der Waals surface area contributed by atoms with Crippen molar-refractivity contribution in [2.45, 2.75) is 51.0 Å². The van der Waals surface area contributed by atoms with Gasteiger partial charge < -0.3 is 30.9 Å². The van der Waals surface area contributed by atoms with E-state index in [0.717, 1.165) is 37.2 Å². The highest BCUT2D eigenvalue weighted by molar-refractivity contribution is 5.98. The third-order valence-electron chi connectivity index (χ3n) is 6.62. The first-order valence-electron chi connectivity index (χ1n) is 11.5. The average Bonchev–Trinajstić information content (AvgIpc) is 3.32. The summed E-state index contributed by atoms with van der Waals surface area (Å²) in [4.78, 5) is 28.6. The maximum absolute atomic E-state index is 13.1. The topological polar surface area (TPSA) is 126 Å². The number of amides is 3. The van der Waals surface area contributed by atoms with E-state index in [1.165, 1.54) is 6.08 Å². The molecule has 1 saturated heterocycles. The van der Waals surface area contributed by atoms with Gasteiger partial charge in [0.05, 0.1) is 17.8 Å². The Kier molecular flexibility index (Phi) is 6.63. The maximum Gasteiger partial charge on any atom is 0.318 e. The Balaban J connectivity index is 1.43. The minimum atomic E-state index is -1.01. The monoisotopic (exact) mass is 467 g/mol. The zero-order valence-electron chi connectivity index (χ0n) is 19.9. The number of benzene rings is 1. The lowest BCUT2D eigenvalue weighted by Gasteiger charge is -2.35. The first-order valence-corrected chi connectivity index (χ1v) is 11.5. The Morgan fingerprint density at radius 1 is 1.32 bits per heavy atom. The van der Waals surface area contributed by atoms with E-state index >= 15 is 0 Å². The second-order valence-electron chi connectivity index (χ2n) is 9.48. The number of rotatable bonds is 6. The highest BCUT2D eigenvalue weighted by Gasteiger charge is 2.44. The van der Waals surface area contributed by atoms with Crippen LogP contribution in [0.1, 0.15) is 49.7 Å². The molecule has 3 amide bonds. The molecule has 1 fully saturated rings. The van der Waals surface area contributed by atoms with E-state index in [0.29, 0.717) is 23.6 Å². The molecule has 1 aromatic carbocycles. The SMILES string of the molecule is C=CC(=O)Nc1ccc(C(O)Nc2n[nH]c3c2CN(C(=O)N[C@H]2CCCN(C)C2)C3(C)C)cc1. The zero-order valence-corrected chi connectivity index (χ0v) is 19.9. The molecule has 1 aromatic heterocycles. The van der Waals surface area contributed by atoms with Crippen molar-refractivity contribution in [1.29, 1.82) is 0 Å². The van der Waals surface area contributed by atoms with Gasteiger partial charge in [0.1, 0.15) is 0 Å². The molecule has 1 unspecified atom stereocenters. The lowest BCUT2D eigenvalue weighted by molar-refractivity contribution is -0.111. The van der Waals surface area contributed by atoms with E-state index in [1.54, 1.807) is 29.2 Å². The fraction of sp³-hybridized carbons (Fsp3) is 0.458. The van der Waals surface area contributed by atoms with Crippen LogP contribution >= 0.6 is 0 Å². The van der Waals surface area contributed by atoms with Crippen LogP contribution in [0.15, 0.2) is 36.9 Å². The molecule has 0 spiro atoms. The van der Waals surface area contributed by atoms with Crippen molar-refractivity contribution in [3.63, 3.8) is 0 Å². The first kappa shape index (κ1) is 23.8. The molecule has 4 rings (SSSR count). The van der Waals surface area contributed by atoms with Gasteiger partial charge in [0.15, 0.2) is 12.0 Å². The number of aliphatic hydroxyl groups excluding tert-OH is 1. The number of aromatic amines is 1. The van der Waals surface area contributed by atoms with E-state index in [1.807, 2.05) is 13.8 Å². The summed E-state index contributed by atoms with van der Waals surface area (Å²) >= 11 is 0. The van der Waals surface area contributed by atoms with Crippen molar-refractivity contribution in [2.24, 2.45) is 0 Å². The number of piperidine rings is 1. The molecule has 182 valence electrons. The number of fused-ring (bicyclic) bond motifs is 1. The number of H-pyrrole nitrogens is 1. The van der Waals surface area contributed by atoms with Gasteiger partial charge in [-0.05, 0) is 58.5 Å². The molecule has 3 heterocycles. The second-order valence-corrected chi connectivity index (χ2v) is 9.48. The van der Waals surface area contributed by atoms with Crippen LogP contribution in [0.5, 0.6) is 0 Å². The standard InChI is InChI=1S/C24H33N7O3/c1-5-19(32)25-16-10-8-15(9-11-16)22(33)27-21-18-14-31(24(2,3)20(18)28-29-21)23(34)26-17-7-6-12-30(4)13-17/h5,8-11,17,22,33H,1,6-7,12-14H2,2-4H3,(H,25,32)(H,26,34)(H2,27,28,29)/t17-,22?/m0/s1. The van der Waals surface area contributed by atoms with Crippen LogP contribution in [0.2, 0.25) is 0 Å². The third-order valence-corrected chi connectivity index (χ3v) is 6.62. The fourth-order valence-electron chi connectivity index (χ4n) is 4.65. The Morgan fingerprint density at radius 2 is 2.06 bits per heavy atom. The Morgan fingerprint density at radius 3 is 2.74 bits per heavy atom. The summed E-state index contributed by atoms with van der Waals surface area (Å²) in [7, 11) is 2.07. The summed E-state index contributed by atoms with van der Waals surface area (Å²) in [6.07, 6.45) is 2.23. The van der Waals surface area contributed by atoms with Crippen molar-refractivity contribution < 1.29 is 14.7 Å². The molecule has 0 aliphatic carbocycles. The summed E-state index contributed by atoms with van der Waals surface area (Å²) in [5, 5.41) is 27.0. The molecule has 10 heteroatoms. The smallest absolute Gasteiger partial charge is 0.318 e. The fourth-order valence-corrected chi connectivity index (χ4v) is 4.65. The Hall–Kier alpha value is -3.37. The van der Waals surface area contributed by atoms with Crippen molar-refractivity contribution in [3.8, 4) is 0 Å². The predicted octanol–water partition coefficient (Wildman–Crippen LogP) is 2.49. The summed E-state index contributed by atoms with van der Waals surface area (Å²) in [5.74, 6) is 0.206. The summed E-state index contributed by atoms with van der Waals surface area (Å²) < 4.78 is 0. The quantitative estimate of drug-likeness (QED) is 0.328. The number of carbonyl (C=O) groups is 2. The number of likely N-dealkylation sites (tertiary alicyclic amines) is 1. The predicted molar refractivity (Wildman–Crippen MR) is 130 cm³/mol. The Labute approximate surface area is 199 Å². The molecule has 0 saturated carbocycles. The van der Waals surface area contributed by atoms with Crippen molar-refractivity contribution >= 4 is 23.4 Å². The highest BCUT2D eigenvalue weighted by atomic mass is 16.3. The van der Waals surface area contributed by atoms with Crippen molar-refractivity contribution in [1.82, 2.24) is 25.3 Å². The van der Waals surface area contributed by atoms with Crippen LogP contribution in [0.25, 0.3) is 0 Å². The minimum absolute atomic E-state index is 0.0986. The molecule has 2 atom stereocenters. The maximum atomic E-state index is 13.1. The number of nitrogens with one attached hydrogen (secondary N) is 4. The van der Waals surface area contributed by atoms with Crippen molar-refractivity contribution in [2.75, 3.05) is 30.8 Å². The van der Waals surface area contributed by atoms with E-state index in [2.05, 4.69) is 44.7 Å². The van der Waals surface area contributed by atoms with Gasteiger partial charge in [-0.25, -0.2) is 4.79 Å². The molecule has 10 nitrogen and oxygen atoms in total. The van der Waals surface area contributed by atoms with Crippen LogP contribution in [-0.2, 0) is 16.9 Å². The van der Waals surface area contributed by atoms with Gasteiger partial charge in [-0.15, -0.1) is 0 Å². The van der Waals surface area contributed by atoms with Gasteiger partial charge in [0, 0.05) is 29.4 Å². The average molecular weight is 468 g/mol. The molecular weight excluding hydrogens is 434 g/mol. The lowest BCUT2D eigenvalue weighted by Crippen LogP contribution is -2.53. The zero-order chi connectivity index (χ0) is 24.5. The molecule has 0 radical (unpaired) electrons. The molecule has 0 bridgehead atoms. The number of likely N-dealkylation sites (N-methyl/N-ethyl adjacent to an activating group) is 1. The second kappa shape index (κ2) is 9.47. The first-order chi connectivity index (χ1) is 16.2. The van der Waals surface area contributed by atoms with E-state index in [-0.39, 0.29) is 18.0 Å². The van der Waals surface area contributed by atoms with Gasteiger partial charge in [-0.3, -0.25) is 9.89 Å². The number of anilines is 2. The van der Waals surface area contributed by atoms with Crippen LogP contribution in [0, 0.1) is 0 Å². The normalized spacial score (nSPS) is 20.4. The van der Waals surface area contributed by atoms with E-state index in [9.17, 15) is 14.7 Å².